The molecule has 0 radical (unpaired) electrons. The topological polar surface area (TPSA) is 86.5 Å². The molecule has 1 atom stereocenters. The molecule has 4 aromatic rings. The molecular formula is C27H24N2O4. The van der Waals surface area contributed by atoms with Crippen LogP contribution in [0.5, 0.6) is 0 Å². The largest absolute Gasteiger partial charge is 0.507 e. The van der Waals surface area contributed by atoms with Crippen molar-refractivity contribution >= 4 is 28.4 Å². The number of nitrogens with one attached hydrogen (secondary N) is 1. The molecule has 0 bridgehead atoms. The highest BCUT2D eigenvalue weighted by atomic mass is 16.3. The molecule has 3 heterocycles. The first kappa shape index (κ1) is 20.8. The van der Waals surface area contributed by atoms with E-state index >= 15 is 0 Å². The van der Waals surface area contributed by atoms with Gasteiger partial charge in [0.15, 0.2) is 0 Å². The Morgan fingerprint density at radius 1 is 1.06 bits per heavy atom. The number of para-hydroxylation sites is 1. The second kappa shape index (κ2) is 8.13. The number of aromatic nitrogens is 1. The number of likely N-dealkylation sites (tertiary alicyclic amines) is 1. The molecule has 33 heavy (non-hydrogen) atoms. The van der Waals surface area contributed by atoms with E-state index in [1.165, 1.54) is 11.2 Å². The molecule has 1 unspecified atom stereocenters. The van der Waals surface area contributed by atoms with Crippen LogP contribution in [0.2, 0.25) is 0 Å². The molecule has 5 rings (SSSR count). The van der Waals surface area contributed by atoms with Crippen molar-refractivity contribution in [1.29, 1.82) is 0 Å². The maximum atomic E-state index is 13.2. The summed E-state index contributed by atoms with van der Waals surface area (Å²) in [4.78, 5) is 30.9. The number of Topliss-reactive ketones (excluding diaryl/α,β-unsaturated/α-hetero) is 1. The molecule has 1 saturated heterocycles. The van der Waals surface area contributed by atoms with E-state index in [-0.39, 0.29) is 17.9 Å². The Balaban J connectivity index is 1.68. The van der Waals surface area contributed by atoms with E-state index in [0.717, 1.165) is 22.0 Å². The van der Waals surface area contributed by atoms with Gasteiger partial charge in [0, 0.05) is 22.7 Å². The zero-order valence-electron chi connectivity index (χ0n) is 18.4. The quantitative estimate of drug-likeness (QED) is 0.244. The van der Waals surface area contributed by atoms with Gasteiger partial charge in [0.05, 0.1) is 24.4 Å². The van der Waals surface area contributed by atoms with Crippen LogP contribution in [0, 0.1) is 0 Å². The van der Waals surface area contributed by atoms with E-state index in [1.807, 2.05) is 48.5 Å². The number of hydrogen-bond acceptors (Lipinski definition) is 4. The first-order valence-electron chi connectivity index (χ1n) is 10.9. The van der Waals surface area contributed by atoms with Gasteiger partial charge in [0.2, 0.25) is 0 Å². The number of rotatable bonds is 5. The molecule has 1 fully saturated rings. The van der Waals surface area contributed by atoms with E-state index in [9.17, 15) is 14.7 Å². The van der Waals surface area contributed by atoms with E-state index in [1.54, 1.807) is 18.3 Å². The first-order valence-corrected chi connectivity index (χ1v) is 10.9. The fraction of sp³-hybridized carbons (Fsp3) is 0.185. The Labute approximate surface area is 191 Å². The maximum absolute atomic E-state index is 13.2. The van der Waals surface area contributed by atoms with Crippen molar-refractivity contribution in [2.45, 2.75) is 32.4 Å². The Morgan fingerprint density at radius 3 is 2.52 bits per heavy atom. The molecule has 1 amide bonds. The summed E-state index contributed by atoms with van der Waals surface area (Å²) < 4.78 is 5.45. The number of ketones is 1. The highest BCUT2D eigenvalue weighted by Gasteiger charge is 2.46. The van der Waals surface area contributed by atoms with Gasteiger partial charge in [0.25, 0.3) is 11.7 Å². The SMILES string of the molecule is CC(C)c1ccc(C2/C(=C(/O)c3c[nH]c4ccccc34)C(=O)C(=O)N2Cc2ccco2)cc1. The van der Waals surface area contributed by atoms with Crippen molar-refractivity contribution in [1.82, 2.24) is 9.88 Å². The average molecular weight is 440 g/mol. The van der Waals surface area contributed by atoms with Crippen molar-refractivity contribution < 1.29 is 19.1 Å². The lowest BCUT2D eigenvalue weighted by molar-refractivity contribution is -0.140. The van der Waals surface area contributed by atoms with Crippen LogP contribution in [0.3, 0.4) is 0 Å². The summed E-state index contributed by atoms with van der Waals surface area (Å²) in [7, 11) is 0. The molecule has 2 N–H and O–H groups in total. The van der Waals surface area contributed by atoms with Crippen LogP contribution in [0.1, 0.15) is 48.3 Å². The third kappa shape index (κ3) is 3.53. The minimum absolute atomic E-state index is 0.0774. The average Bonchev–Trinajstić information content (AvgIpc) is 3.54. The standard InChI is InChI=1S/C27H24N2O4/c1-16(2)17-9-11-18(12-10-17)24-23(25(30)21-14-28-22-8-4-3-7-20(21)22)26(31)27(32)29(24)15-19-6-5-13-33-19/h3-14,16,24,28,30H,15H2,1-2H3/b25-23-. The predicted octanol–water partition coefficient (Wildman–Crippen LogP) is 5.51. The van der Waals surface area contributed by atoms with Crippen LogP contribution in [-0.2, 0) is 16.1 Å². The normalized spacial score (nSPS) is 18.0. The van der Waals surface area contributed by atoms with Crippen molar-refractivity contribution in [3.05, 3.63) is 101 Å². The lowest BCUT2D eigenvalue weighted by Crippen LogP contribution is -2.29. The van der Waals surface area contributed by atoms with Gasteiger partial charge in [-0.2, -0.15) is 0 Å². The number of aromatic amines is 1. The number of amides is 1. The summed E-state index contributed by atoms with van der Waals surface area (Å²) in [6.07, 6.45) is 3.20. The number of aliphatic hydroxyl groups excluding tert-OH is 1. The number of nitrogens with zero attached hydrogens (tertiary/aromatic N) is 1. The highest BCUT2D eigenvalue weighted by Crippen LogP contribution is 2.41. The lowest BCUT2D eigenvalue weighted by atomic mass is 9.93. The summed E-state index contributed by atoms with van der Waals surface area (Å²) in [5.41, 5.74) is 3.31. The minimum atomic E-state index is -0.732. The molecule has 1 aliphatic rings. The van der Waals surface area contributed by atoms with Crippen molar-refractivity contribution in [3.8, 4) is 0 Å². The molecule has 2 aromatic carbocycles. The van der Waals surface area contributed by atoms with Gasteiger partial charge in [-0.05, 0) is 35.2 Å². The molecule has 166 valence electrons. The van der Waals surface area contributed by atoms with Gasteiger partial charge in [-0.25, -0.2) is 0 Å². The van der Waals surface area contributed by atoms with Crippen LogP contribution in [-0.4, -0.2) is 26.7 Å². The molecule has 0 spiro atoms. The number of H-pyrrole nitrogens is 1. The van der Waals surface area contributed by atoms with Crippen molar-refractivity contribution in [3.63, 3.8) is 0 Å². The summed E-state index contributed by atoms with van der Waals surface area (Å²) >= 11 is 0. The van der Waals surface area contributed by atoms with Crippen molar-refractivity contribution in [2.75, 3.05) is 0 Å². The zero-order valence-corrected chi connectivity index (χ0v) is 18.4. The van der Waals surface area contributed by atoms with Gasteiger partial charge >= 0.3 is 0 Å². The number of hydrogen-bond donors (Lipinski definition) is 2. The van der Waals surface area contributed by atoms with Crippen LogP contribution in [0.4, 0.5) is 0 Å². The van der Waals surface area contributed by atoms with Crippen LogP contribution in [0.25, 0.3) is 16.7 Å². The van der Waals surface area contributed by atoms with Gasteiger partial charge in [-0.1, -0.05) is 56.3 Å². The molecule has 6 heteroatoms. The van der Waals surface area contributed by atoms with E-state index in [0.29, 0.717) is 17.2 Å². The van der Waals surface area contributed by atoms with Crippen LogP contribution in [0.15, 0.2) is 83.1 Å². The smallest absolute Gasteiger partial charge is 0.296 e. The third-order valence-electron chi connectivity index (χ3n) is 6.21. The van der Waals surface area contributed by atoms with Crippen molar-refractivity contribution in [2.24, 2.45) is 0 Å². The number of aliphatic hydroxyl groups is 1. The summed E-state index contributed by atoms with van der Waals surface area (Å²) in [6.45, 7) is 4.34. The summed E-state index contributed by atoms with van der Waals surface area (Å²) in [5.74, 6) is -0.647. The Hall–Kier alpha value is -4.06. The van der Waals surface area contributed by atoms with Gasteiger partial charge < -0.3 is 19.4 Å². The number of carbonyl (C=O) groups excluding carboxylic acids is 2. The van der Waals surface area contributed by atoms with Gasteiger partial charge in [-0.15, -0.1) is 0 Å². The van der Waals surface area contributed by atoms with E-state index in [4.69, 9.17) is 4.42 Å². The third-order valence-corrected chi connectivity index (χ3v) is 6.21. The highest BCUT2D eigenvalue weighted by molar-refractivity contribution is 6.46. The van der Waals surface area contributed by atoms with Crippen LogP contribution < -0.4 is 0 Å². The van der Waals surface area contributed by atoms with Gasteiger partial charge in [0.1, 0.15) is 11.5 Å². The maximum Gasteiger partial charge on any atom is 0.296 e. The first-order chi connectivity index (χ1) is 16.0. The van der Waals surface area contributed by atoms with E-state index in [2.05, 4.69) is 18.8 Å². The fourth-order valence-electron chi connectivity index (χ4n) is 4.44. The molecule has 6 nitrogen and oxygen atoms in total. The Kier molecular flexibility index (Phi) is 5.13. The summed E-state index contributed by atoms with van der Waals surface area (Å²) in [6, 6.07) is 18.1. The Morgan fingerprint density at radius 2 is 1.82 bits per heavy atom. The molecule has 2 aromatic heterocycles. The second-order valence-electron chi connectivity index (χ2n) is 8.58. The molecule has 0 aliphatic carbocycles. The number of fused-ring (bicyclic) bond motifs is 1. The summed E-state index contributed by atoms with van der Waals surface area (Å²) in [5, 5.41) is 12.1. The predicted molar refractivity (Wildman–Crippen MR) is 125 cm³/mol. The minimum Gasteiger partial charge on any atom is -0.507 e. The Bertz CT molecular complexity index is 1360. The molecular weight excluding hydrogens is 416 g/mol. The molecule has 0 saturated carbocycles. The van der Waals surface area contributed by atoms with Crippen LogP contribution >= 0.6 is 0 Å². The molecule has 1 aliphatic heterocycles. The fourth-order valence-corrected chi connectivity index (χ4v) is 4.44. The monoisotopic (exact) mass is 440 g/mol. The number of furan rings is 1. The lowest BCUT2D eigenvalue weighted by Gasteiger charge is -2.25. The van der Waals surface area contributed by atoms with Gasteiger partial charge in [-0.3, -0.25) is 9.59 Å². The number of carbonyl (C=O) groups is 2. The zero-order chi connectivity index (χ0) is 23.1. The van der Waals surface area contributed by atoms with E-state index < -0.39 is 17.7 Å². The second-order valence-corrected chi connectivity index (χ2v) is 8.58. The number of benzene rings is 2.